The van der Waals surface area contributed by atoms with Crippen LogP contribution >= 0.6 is 0 Å². The van der Waals surface area contributed by atoms with E-state index >= 15 is 0 Å². The van der Waals surface area contributed by atoms with E-state index in [9.17, 15) is 9.59 Å². The van der Waals surface area contributed by atoms with Crippen LogP contribution in [-0.4, -0.2) is 64.6 Å². The van der Waals surface area contributed by atoms with E-state index in [4.69, 9.17) is 5.73 Å². The first-order valence-corrected chi connectivity index (χ1v) is 9.28. The summed E-state index contributed by atoms with van der Waals surface area (Å²) < 4.78 is 1.59. The predicted molar refractivity (Wildman–Crippen MR) is 103 cm³/mol. The van der Waals surface area contributed by atoms with Gasteiger partial charge in [-0.25, -0.2) is 0 Å². The second-order valence-corrected chi connectivity index (χ2v) is 7.17. The minimum absolute atomic E-state index is 0.0459. The van der Waals surface area contributed by atoms with E-state index in [1.807, 2.05) is 23.1 Å². The van der Waals surface area contributed by atoms with E-state index in [0.29, 0.717) is 19.6 Å². The van der Waals surface area contributed by atoms with Crippen LogP contribution in [-0.2, 0) is 9.59 Å². The molecule has 7 heteroatoms. The number of hydrogen-bond donors (Lipinski definition) is 1. The van der Waals surface area contributed by atoms with E-state index in [1.165, 1.54) is 10.5 Å². The molecule has 2 aromatic rings. The quantitative estimate of drug-likeness (QED) is 0.826. The van der Waals surface area contributed by atoms with E-state index in [2.05, 4.69) is 17.2 Å². The zero-order chi connectivity index (χ0) is 19.4. The van der Waals surface area contributed by atoms with Gasteiger partial charge in [-0.15, -0.1) is 0 Å². The molecule has 1 aromatic carbocycles. The first-order chi connectivity index (χ1) is 13.0. The van der Waals surface area contributed by atoms with Gasteiger partial charge in [-0.05, 0) is 31.0 Å². The first-order valence-electron chi connectivity index (χ1n) is 9.28. The normalized spacial score (nSPS) is 20.5. The number of nitrogens with two attached hydrogens (primary N) is 1. The molecule has 144 valence electrons. The van der Waals surface area contributed by atoms with Crippen LogP contribution in [0.3, 0.4) is 0 Å². The summed E-state index contributed by atoms with van der Waals surface area (Å²) in [5, 5.41) is 4.10. The highest BCUT2D eigenvalue weighted by Crippen LogP contribution is 2.32. The Morgan fingerprint density at radius 3 is 2.63 bits per heavy atom. The fraction of sp³-hybridized carbons (Fsp3) is 0.450. The number of aromatic nitrogens is 2. The maximum atomic E-state index is 12.8. The van der Waals surface area contributed by atoms with Crippen molar-refractivity contribution in [3.05, 3.63) is 54.4 Å². The molecule has 0 saturated carbocycles. The molecule has 2 amide bonds. The van der Waals surface area contributed by atoms with Crippen LogP contribution in [0.5, 0.6) is 0 Å². The van der Waals surface area contributed by atoms with Gasteiger partial charge in [0.25, 0.3) is 0 Å². The maximum absolute atomic E-state index is 12.8. The minimum atomic E-state index is -0.440. The van der Waals surface area contributed by atoms with Gasteiger partial charge in [0.15, 0.2) is 0 Å². The fourth-order valence-corrected chi connectivity index (χ4v) is 3.71. The Hall–Kier alpha value is -2.67. The Morgan fingerprint density at radius 1 is 1.26 bits per heavy atom. The second kappa shape index (κ2) is 8.35. The summed E-state index contributed by atoms with van der Waals surface area (Å²) in [6.45, 7) is 3.65. The fourth-order valence-electron chi connectivity index (χ4n) is 3.71. The number of carbonyl (C=O) groups excluding carboxylic acids is 2. The number of nitrogens with zero attached hydrogens (tertiary/aromatic N) is 4. The Balaban J connectivity index is 1.61. The molecule has 2 N–H and O–H groups in total. The molecular weight excluding hydrogens is 342 g/mol. The highest BCUT2D eigenvalue weighted by atomic mass is 16.2. The molecule has 1 aliphatic heterocycles. The number of likely N-dealkylation sites (N-methyl/N-ethyl adjacent to an activating group) is 1. The zero-order valence-electron chi connectivity index (χ0n) is 15.9. The molecule has 27 heavy (non-hydrogen) atoms. The number of likely N-dealkylation sites (tertiary alicyclic amines) is 1. The molecule has 7 nitrogen and oxygen atoms in total. The Kier molecular flexibility index (Phi) is 5.91. The van der Waals surface area contributed by atoms with Gasteiger partial charge in [-0.2, -0.15) is 5.10 Å². The highest BCUT2D eigenvalue weighted by Gasteiger charge is 2.35. The average molecular weight is 369 g/mol. The third-order valence-electron chi connectivity index (χ3n) is 5.35. The minimum Gasteiger partial charge on any atom is -0.340 e. The summed E-state index contributed by atoms with van der Waals surface area (Å²) in [5.41, 5.74) is 7.16. The smallest absolute Gasteiger partial charge is 0.247 e. The Morgan fingerprint density at radius 2 is 2.00 bits per heavy atom. The molecular formula is C20H27N5O2. The van der Waals surface area contributed by atoms with Crippen LogP contribution < -0.4 is 5.73 Å². The van der Waals surface area contributed by atoms with Crippen molar-refractivity contribution in [3.63, 3.8) is 0 Å². The van der Waals surface area contributed by atoms with Crippen LogP contribution in [0.1, 0.15) is 24.4 Å². The molecule has 0 aliphatic carbocycles. The Labute approximate surface area is 159 Å². The van der Waals surface area contributed by atoms with Crippen LogP contribution in [0.4, 0.5) is 0 Å². The molecule has 0 spiro atoms. The number of amides is 2. The van der Waals surface area contributed by atoms with Crippen molar-refractivity contribution in [1.82, 2.24) is 19.6 Å². The van der Waals surface area contributed by atoms with E-state index < -0.39 is 6.04 Å². The summed E-state index contributed by atoms with van der Waals surface area (Å²) in [6, 6.07) is 11.5. The monoisotopic (exact) mass is 369 g/mol. The Bertz CT molecular complexity index is 762. The van der Waals surface area contributed by atoms with Gasteiger partial charge in [0.2, 0.25) is 11.8 Å². The van der Waals surface area contributed by atoms with E-state index in [1.54, 1.807) is 37.1 Å². The van der Waals surface area contributed by atoms with Gasteiger partial charge < -0.3 is 15.5 Å². The van der Waals surface area contributed by atoms with Gasteiger partial charge in [-0.1, -0.05) is 30.3 Å². The van der Waals surface area contributed by atoms with Crippen molar-refractivity contribution in [3.8, 4) is 0 Å². The number of benzene rings is 1. The van der Waals surface area contributed by atoms with Crippen molar-refractivity contribution in [2.24, 2.45) is 11.7 Å². The second-order valence-electron chi connectivity index (χ2n) is 7.17. The maximum Gasteiger partial charge on any atom is 0.247 e. The third kappa shape index (κ3) is 4.19. The lowest BCUT2D eigenvalue weighted by atomic mass is 9.89. The van der Waals surface area contributed by atoms with Crippen molar-refractivity contribution in [2.75, 3.05) is 33.2 Å². The summed E-state index contributed by atoms with van der Waals surface area (Å²) in [5.74, 6) is 0.293. The van der Waals surface area contributed by atoms with Crippen LogP contribution in [0.2, 0.25) is 0 Å². The van der Waals surface area contributed by atoms with Crippen LogP contribution in [0.25, 0.3) is 0 Å². The molecule has 1 aromatic heterocycles. The molecule has 1 aliphatic rings. The molecule has 0 bridgehead atoms. The molecule has 0 radical (unpaired) electrons. The van der Waals surface area contributed by atoms with Crippen molar-refractivity contribution >= 4 is 11.8 Å². The summed E-state index contributed by atoms with van der Waals surface area (Å²) in [7, 11) is 1.66. The van der Waals surface area contributed by atoms with E-state index in [0.717, 1.165) is 0 Å². The van der Waals surface area contributed by atoms with Crippen LogP contribution in [0, 0.1) is 5.92 Å². The van der Waals surface area contributed by atoms with Crippen molar-refractivity contribution in [2.45, 2.75) is 18.9 Å². The molecule has 1 saturated heterocycles. The largest absolute Gasteiger partial charge is 0.340 e. The first kappa shape index (κ1) is 19.1. The lowest BCUT2D eigenvalue weighted by Crippen LogP contribution is -2.42. The van der Waals surface area contributed by atoms with Crippen molar-refractivity contribution < 1.29 is 9.59 Å². The van der Waals surface area contributed by atoms with Gasteiger partial charge >= 0.3 is 0 Å². The average Bonchev–Trinajstić information content (AvgIpc) is 3.37. The van der Waals surface area contributed by atoms with E-state index in [-0.39, 0.29) is 30.2 Å². The molecule has 3 rings (SSSR count). The van der Waals surface area contributed by atoms with Gasteiger partial charge in [0, 0.05) is 38.4 Å². The van der Waals surface area contributed by atoms with Gasteiger partial charge in [-0.3, -0.25) is 14.3 Å². The summed E-state index contributed by atoms with van der Waals surface area (Å²) >= 11 is 0. The third-order valence-corrected chi connectivity index (χ3v) is 5.35. The molecule has 3 atom stereocenters. The molecule has 1 fully saturated rings. The number of carbonyl (C=O) groups is 2. The lowest BCUT2D eigenvalue weighted by molar-refractivity contribution is -0.140. The summed E-state index contributed by atoms with van der Waals surface area (Å²) in [6.07, 6.45) is 3.38. The van der Waals surface area contributed by atoms with Crippen LogP contribution in [0.15, 0.2) is 48.8 Å². The standard InChI is InChI=1S/C20H27N5O2/c1-15(25-10-6-9-22-25)20(27)23(2)14-19(26)24-12-17(11-21)18(13-24)16-7-4-3-5-8-16/h3-10,15,17-18H,11-14,21H2,1-2H3/t15?,17-,18+/m1/s1. The molecule has 2 heterocycles. The van der Waals surface area contributed by atoms with Gasteiger partial charge in [0.05, 0.1) is 6.54 Å². The topological polar surface area (TPSA) is 84.5 Å². The lowest BCUT2D eigenvalue weighted by Gasteiger charge is -2.24. The molecule has 1 unspecified atom stereocenters. The highest BCUT2D eigenvalue weighted by molar-refractivity contribution is 5.86. The number of rotatable bonds is 6. The zero-order valence-corrected chi connectivity index (χ0v) is 15.9. The van der Waals surface area contributed by atoms with Crippen molar-refractivity contribution in [1.29, 1.82) is 0 Å². The summed E-state index contributed by atoms with van der Waals surface area (Å²) in [4.78, 5) is 28.7. The SMILES string of the molecule is CC(C(=O)N(C)CC(=O)N1C[C@@H](CN)[C@H](c2ccccc2)C1)n1cccn1. The number of hydrogen-bond acceptors (Lipinski definition) is 4. The predicted octanol–water partition coefficient (Wildman–Crippen LogP) is 1.10. The van der Waals surface area contributed by atoms with Gasteiger partial charge in [0.1, 0.15) is 6.04 Å².